The van der Waals surface area contributed by atoms with E-state index in [9.17, 15) is 9.59 Å². The van der Waals surface area contributed by atoms with E-state index in [2.05, 4.69) is 4.99 Å². The first-order valence-corrected chi connectivity index (χ1v) is 8.67. The fraction of sp³-hybridized carbons (Fsp3) is 0.105. The van der Waals surface area contributed by atoms with Gasteiger partial charge in [-0.15, -0.1) is 0 Å². The van der Waals surface area contributed by atoms with Crippen molar-refractivity contribution < 1.29 is 24.2 Å². The number of hydrogen-bond acceptors (Lipinski definition) is 6. The maximum atomic E-state index is 12.8. The van der Waals surface area contributed by atoms with Crippen molar-refractivity contribution in [1.29, 1.82) is 0 Å². The maximum Gasteiger partial charge on any atom is 0.329 e. The number of amides is 1. The number of rotatable bonds is 5. The van der Waals surface area contributed by atoms with E-state index in [1.807, 2.05) is 0 Å². The second-order valence-corrected chi connectivity index (χ2v) is 6.40. The van der Waals surface area contributed by atoms with Crippen molar-refractivity contribution in [2.75, 3.05) is 19.1 Å². The molecule has 1 aliphatic heterocycles. The average Bonchev–Trinajstić information content (AvgIpc) is 2.96. The number of carboxylic acid groups (broad SMARTS) is 1. The zero-order valence-corrected chi connectivity index (χ0v) is 15.4. The van der Waals surface area contributed by atoms with Crippen LogP contribution in [0.1, 0.15) is 0 Å². The second-order valence-electron chi connectivity index (χ2n) is 5.39. The monoisotopic (exact) mass is 384 g/mol. The van der Waals surface area contributed by atoms with Gasteiger partial charge in [-0.25, -0.2) is 9.79 Å². The molecule has 1 amide bonds. The molecule has 1 N–H and O–H groups in total. The van der Waals surface area contributed by atoms with Crippen LogP contribution >= 0.6 is 11.8 Å². The predicted octanol–water partition coefficient (Wildman–Crippen LogP) is 3.44. The number of amidine groups is 1. The summed E-state index contributed by atoms with van der Waals surface area (Å²) >= 11 is 0.997. The summed E-state index contributed by atoms with van der Waals surface area (Å²) in [6.07, 6.45) is 0.883. The van der Waals surface area contributed by atoms with Crippen LogP contribution in [0.25, 0.3) is 0 Å². The molecule has 2 aromatic carbocycles. The van der Waals surface area contributed by atoms with Crippen LogP contribution in [0.2, 0.25) is 0 Å². The molecule has 3 rings (SSSR count). The molecule has 0 aliphatic carbocycles. The van der Waals surface area contributed by atoms with Gasteiger partial charge in [0.25, 0.3) is 5.91 Å². The molecule has 0 atom stereocenters. The van der Waals surface area contributed by atoms with E-state index in [-0.39, 0.29) is 4.91 Å². The highest BCUT2D eigenvalue weighted by Gasteiger charge is 2.35. The molecule has 0 radical (unpaired) electrons. The number of carbonyl (C=O) groups excluding carboxylic acids is 1. The standard InChI is InChI=1S/C19H16N2O5S/c1-25-14-7-3-5-12(9-14)20-19-21(13-6-4-8-15(10-13)26-2)18(24)16(27-19)11-17(22)23/h3-11H,1-2H3,(H,22,23). The number of ether oxygens (including phenoxy) is 2. The number of hydrogen-bond donors (Lipinski definition) is 1. The summed E-state index contributed by atoms with van der Waals surface area (Å²) in [5, 5.41) is 9.38. The average molecular weight is 384 g/mol. The van der Waals surface area contributed by atoms with Gasteiger partial charge in [0.1, 0.15) is 11.5 Å². The lowest BCUT2D eigenvalue weighted by atomic mass is 10.2. The van der Waals surface area contributed by atoms with E-state index in [1.165, 1.54) is 12.0 Å². The number of anilines is 1. The molecule has 0 spiro atoms. The summed E-state index contributed by atoms with van der Waals surface area (Å²) in [4.78, 5) is 29.8. The van der Waals surface area contributed by atoms with Crippen molar-refractivity contribution >= 4 is 40.2 Å². The molecule has 0 saturated carbocycles. The summed E-state index contributed by atoms with van der Waals surface area (Å²) in [6, 6.07) is 14.0. The molecule has 7 nitrogen and oxygen atoms in total. The SMILES string of the molecule is COc1cccc(N=C2SC(=CC(=O)O)C(=O)N2c2cccc(OC)c2)c1. The molecule has 138 valence electrons. The van der Waals surface area contributed by atoms with Gasteiger partial charge in [-0.3, -0.25) is 9.69 Å². The minimum Gasteiger partial charge on any atom is -0.497 e. The van der Waals surface area contributed by atoms with Crippen LogP contribution in [0.3, 0.4) is 0 Å². The van der Waals surface area contributed by atoms with E-state index in [4.69, 9.17) is 14.6 Å². The van der Waals surface area contributed by atoms with E-state index in [1.54, 1.807) is 55.6 Å². The molecule has 2 aromatic rings. The third-order valence-corrected chi connectivity index (χ3v) is 4.62. The minimum atomic E-state index is -1.20. The third-order valence-electron chi connectivity index (χ3n) is 3.65. The van der Waals surface area contributed by atoms with Crippen LogP contribution in [0, 0.1) is 0 Å². The minimum absolute atomic E-state index is 0.0759. The highest BCUT2D eigenvalue weighted by Crippen LogP contribution is 2.37. The van der Waals surface area contributed by atoms with Crippen molar-refractivity contribution in [3.63, 3.8) is 0 Å². The Labute approximate surface area is 159 Å². The van der Waals surface area contributed by atoms with Crippen LogP contribution in [0.4, 0.5) is 11.4 Å². The van der Waals surface area contributed by atoms with E-state index >= 15 is 0 Å². The fourth-order valence-electron chi connectivity index (χ4n) is 2.43. The largest absolute Gasteiger partial charge is 0.497 e. The molecule has 0 aromatic heterocycles. The predicted molar refractivity (Wildman–Crippen MR) is 104 cm³/mol. The van der Waals surface area contributed by atoms with Gasteiger partial charge in [-0.1, -0.05) is 12.1 Å². The number of carbonyl (C=O) groups is 2. The van der Waals surface area contributed by atoms with Crippen molar-refractivity contribution in [1.82, 2.24) is 0 Å². The molecule has 0 unspecified atom stereocenters. The number of carboxylic acids is 1. The smallest absolute Gasteiger partial charge is 0.329 e. The Morgan fingerprint density at radius 3 is 2.44 bits per heavy atom. The first-order valence-electron chi connectivity index (χ1n) is 7.85. The normalized spacial score (nSPS) is 16.8. The van der Waals surface area contributed by atoms with Gasteiger partial charge < -0.3 is 14.6 Å². The molecule has 1 fully saturated rings. The van der Waals surface area contributed by atoms with Gasteiger partial charge in [0.2, 0.25) is 0 Å². The van der Waals surface area contributed by atoms with Crippen LogP contribution in [0.5, 0.6) is 11.5 Å². The van der Waals surface area contributed by atoms with Crippen molar-refractivity contribution in [3.05, 3.63) is 59.5 Å². The highest BCUT2D eigenvalue weighted by atomic mass is 32.2. The molecular weight excluding hydrogens is 368 g/mol. The number of aliphatic carboxylic acids is 1. The molecule has 1 heterocycles. The van der Waals surface area contributed by atoms with E-state index in [0.29, 0.717) is 28.0 Å². The number of benzene rings is 2. The van der Waals surface area contributed by atoms with E-state index in [0.717, 1.165) is 17.8 Å². The van der Waals surface area contributed by atoms with Gasteiger partial charge in [-0.2, -0.15) is 0 Å². The van der Waals surface area contributed by atoms with Crippen LogP contribution in [0.15, 0.2) is 64.5 Å². The molecule has 1 saturated heterocycles. The highest BCUT2D eigenvalue weighted by molar-refractivity contribution is 8.19. The lowest BCUT2D eigenvalue weighted by Gasteiger charge is -2.16. The quantitative estimate of drug-likeness (QED) is 0.795. The summed E-state index contributed by atoms with van der Waals surface area (Å²) < 4.78 is 10.4. The second kappa shape index (κ2) is 7.96. The van der Waals surface area contributed by atoms with Gasteiger partial charge in [0, 0.05) is 18.2 Å². The van der Waals surface area contributed by atoms with Gasteiger partial charge >= 0.3 is 5.97 Å². The number of methoxy groups -OCH3 is 2. The number of aliphatic imine (C=N–C) groups is 1. The third kappa shape index (κ3) is 4.12. The summed E-state index contributed by atoms with van der Waals surface area (Å²) in [6.45, 7) is 0. The van der Waals surface area contributed by atoms with Crippen LogP contribution in [-0.2, 0) is 9.59 Å². The Hall–Kier alpha value is -3.26. The van der Waals surface area contributed by atoms with Gasteiger partial charge in [0.15, 0.2) is 5.17 Å². The molecular formula is C19H16N2O5S. The Morgan fingerprint density at radius 1 is 1.11 bits per heavy atom. The Bertz CT molecular complexity index is 955. The maximum absolute atomic E-state index is 12.8. The molecule has 8 heteroatoms. The lowest BCUT2D eigenvalue weighted by molar-refractivity contribution is -0.131. The van der Waals surface area contributed by atoms with Crippen molar-refractivity contribution in [2.45, 2.75) is 0 Å². The first-order chi connectivity index (χ1) is 13.0. The van der Waals surface area contributed by atoms with Crippen LogP contribution in [-0.4, -0.2) is 36.4 Å². The first kappa shape index (κ1) is 18.5. The molecule has 27 heavy (non-hydrogen) atoms. The Balaban J connectivity index is 2.08. The zero-order valence-electron chi connectivity index (χ0n) is 14.6. The van der Waals surface area contributed by atoms with Crippen molar-refractivity contribution in [3.8, 4) is 11.5 Å². The Morgan fingerprint density at radius 2 is 1.78 bits per heavy atom. The van der Waals surface area contributed by atoms with Crippen LogP contribution < -0.4 is 14.4 Å². The van der Waals surface area contributed by atoms with E-state index < -0.39 is 11.9 Å². The molecule has 0 bridgehead atoms. The van der Waals surface area contributed by atoms with Crippen molar-refractivity contribution in [2.24, 2.45) is 4.99 Å². The fourth-order valence-corrected chi connectivity index (χ4v) is 3.39. The Kier molecular flexibility index (Phi) is 5.46. The van der Waals surface area contributed by atoms with Gasteiger partial charge in [-0.05, 0) is 36.0 Å². The summed E-state index contributed by atoms with van der Waals surface area (Å²) in [5.41, 5.74) is 1.11. The zero-order chi connectivity index (χ0) is 19.4. The summed E-state index contributed by atoms with van der Waals surface area (Å²) in [5.74, 6) is -0.460. The topological polar surface area (TPSA) is 88.4 Å². The number of nitrogens with zero attached hydrogens (tertiary/aromatic N) is 2. The summed E-state index contributed by atoms with van der Waals surface area (Å²) in [7, 11) is 3.08. The number of thioether (sulfide) groups is 1. The lowest BCUT2D eigenvalue weighted by Crippen LogP contribution is -2.28. The molecule has 1 aliphatic rings. The van der Waals surface area contributed by atoms with Gasteiger partial charge in [0.05, 0.1) is 30.5 Å².